The van der Waals surface area contributed by atoms with E-state index < -0.39 is 5.60 Å². The average Bonchev–Trinajstić information content (AvgIpc) is 2.70. The van der Waals surface area contributed by atoms with E-state index in [1.807, 2.05) is 24.3 Å². The van der Waals surface area contributed by atoms with Gasteiger partial charge in [-0.15, -0.1) is 0 Å². The smallest absolute Gasteiger partial charge is 0.118 e. The highest BCUT2D eigenvalue weighted by Gasteiger charge is 2.38. The SMILES string of the molecule is COc1ccc(C(CNCCc2ccc(O)cc2)C2(O)CCCCC2)cc1. The molecule has 146 valence electrons. The number of phenols is 1. The molecule has 1 atom stereocenters. The van der Waals surface area contributed by atoms with Crippen LogP contribution in [0.5, 0.6) is 11.5 Å². The Morgan fingerprint density at radius 3 is 2.30 bits per heavy atom. The van der Waals surface area contributed by atoms with E-state index in [1.165, 1.54) is 12.0 Å². The number of methoxy groups -OCH3 is 1. The van der Waals surface area contributed by atoms with E-state index in [0.29, 0.717) is 5.75 Å². The van der Waals surface area contributed by atoms with Gasteiger partial charge in [-0.1, -0.05) is 43.5 Å². The van der Waals surface area contributed by atoms with Crippen molar-refractivity contribution in [1.82, 2.24) is 5.32 Å². The molecule has 1 aliphatic rings. The number of aliphatic hydroxyl groups is 1. The molecule has 4 heteroatoms. The standard InChI is InChI=1S/C23H31NO3/c1-27-21-11-7-19(8-12-21)22(23(26)14-3-2-4-15-23)17-24-16-13-18-5-9-20(25)10-6-18/h5-12,22,24-26H,2-4,13-17H2,1H3. The molecule has 1 fully saturated rings. The average molecular weight is 370 g/mol. The Morgan fingerprint density at radius 1 is 1.00 bits per heavy atom. The van der Waals surface area contributed by atoms with Crippen molar-refractivity contribution in [2.45, 2.75) is 50.0 Å². The molecule has 27 heavy (non-hydrogen) atoms. The molecule has 0 radical (unpaired) electrons. The second kappa shape index (κ2) is 9.25. The first-order valence-electron chi connectivity index (χ1n) is 9.96. The van der Waals surface area contributed by atoms with Crippen LogP contribution in [0.3, 0.4) is 0 Å². The molecule has 3 N–H and O–H groups in total. The van der Waals surface area contributed by atoms with Crippen molar-refractivity contribution in [3.8, 4) is 11.5 Å². The lowest BCUT2D eigenvalue weighted by atomic mass is 9.72. The van der Waals surface area contributed by atoms with Crippen LogP contribution in [-0.4, -0.2) is 36.0 Å². The third-order valence-electron chi connectivity index (χ3n) is 5.76. The lowest BCUT2D eigenvalue weighted by Crippen LogP contribution is -2.43. The number of aromatic hydroxyl groups is 1. The maximum atomic E-state index is 11.4. The monoisotopic (exact) mass is 369 g/mol. The van der Waals surface area contributed by atoms with Crippen LogP contribution in [0.25, 0.3) is 0 Å². The Hall–Kier alpha value is -2.04. The van der Waals surface area contributed by atoms with Crippen molar-refractivity contribution in [2.24, 2.45) is 0 Å². The predicted molar refractivity (Wildman–Crippen MR) is 108 cm³/mol. The van der Waals surface area contributed by atoms with Gasteiger partial charge >= 0.3 is 0 Å². The topological polar surface area (TPSA) is 61.7 Å². The molecule has 0 aliphatic heterocycles. The van der Waals surface area contributed by atoms with Gasteiger partial charge in [0.15, 0.2) is 0 Å². The van der Waals surface area contributed by atoms with E-state index in [9.17, 15) is 10.2 Å². The molecular formula is C23H31NO3. The van der Waals surface area contributed by atoms with Gasteiger partial charge in [-0.05, 0) is 61.2 Å². The summed E-state index contributed by atoms with van der Waals surface area (Å²) in [5, 5.41) is 24.3. The summed E-state index contributed by atoms with van der Waals surface area (Å²) in [5.74, 6) is 1.21. The summed E-state index contributed by atoms with van der Waals surface area (Å²) in [6.07, 6.45) is 6.03. The fourth-order valence-corrected chi connectivity index (χ4v) is 4.11. The summed E-state index contributed by atoms with van der Waals surface area (Å²) in [6, 6.07) is 15.5. The second-order valence-corrected chi connectivity index (χ2v) is 7.61. The molecule has 1 aliphatic carbocycles. The maximum Gasteiger partial charge on any atom is 0.118 e. The number of nitrogens with one attached hydrogen (secondary N) is 1. The van der Waals surface area contributed by atoms with Gasteiger partial charge in [0.25, 0.3) is 0 Å². The Morgan fingerprint density at radius 2 is 1.67 bits per heavy atom. The van der Waals surface area contributed by atoms with Crippen molar-refractivity contribution < 1.29 is 14.9 Å². The molecule has 0 bridgehead atoms. The number of benzene rings is 2. The van der Waals surface area contributed by atoms with Crippen molar-refractivity contribution >= 4 is 0 Å². The number of hydrogen-bond acceptors (Lipinski definition) is 4. The van der Waals surface area contributed by atoms with Crippen LogP contribution in [0.4, 0.5) is 0 Å². The number of hydrogen-bond donors (Lipinski definition) is 3. The van der Waals surface area contributed by atoms with Gasteiger partial charge in [0.2, 0.25) is 0 Å². The molecule has 2 aromatic carbocycles. The zero-order valence-corrected chi connectivity index (χ0v) is 16.2. The minimum absolute atomic E-state index is 0.0727. The van der Waals surface area contributed by atoms with Crippen LogP contribution < -0.4 is 10.1 Å². The zero-order chi connectivity index (χ0) is 19.1. The largest absolute Gasteiger partial charge is 0.508 e. The Labute approximate surface area is 162 Å². The molecule has 1 unspecified atom stereocenters. The summed E-state index contributed by atoms with van der Waals surface area (Å²) >= 11 is 0. The van der Waals surface area contributed by atoms with Crippen LogP contribution in [0.2, 0.25) is 0 Å². The molecule has 0 saturated heterocycles. The van der Waals surface area contributed by atoms with Gasteiger partial charge in [0.1, 0.15) is 11.5 Å². The maximum absolute atomic E-state index is 11.4. The summed E-state index contributed by atoms with van der Waals surface area (Å²) < 4.78 is 5.28. The highest BCUT2D eigenvalue weighted by Crippen LogP contribution is 2.40. The van der Waals surface area contributed by atoms with Crippen LogP contribution in [-0.2, 0) is 6.42 Å². The Bertz CT molecular complexity index is 691. The fourth-order valence-electron chi connectivity index (χ4n) is 4.11. The Balaban J connectivity index is 1.64. The molecular weight excluding hydrogens is 338 g/mol. The van der Waals surface area contributed by atoms with E-state index in [1.54, 1.807) is 19.2 Å². The molecule has 0 spiro atoms. The zero-order valence-electron chi connectivity index (χ0n) is 16.2. The summed E-state index contributed by atoms with van der Waals surface area (Å²) in [6.45, 7) is 1.59. The number of phenolic OH excluding ortho intramolecular Hbond substituents is 1. The first-order chi connectivity index (χ1) is 13.1. The summed E-state index contributed by atoms with van der Waals surface area (Å²) in [5.41, 5.74) is 1.72. The lowest BCUT2D eigenvalue weighted by molar-refractivity contribution is -0.0214. The van der Waals surface area contributed by atoms with Gasteiger partial charge in [-0.3, -0.25) is 0 Å². The van der Waals surface area contributed by atoms with E-state index in [2.05, 4.69) is 17.4 Å². The van der Waals surface area contributed by atoms with Crippen molar-refractivity contribution in [3.63, 3.8) is 0 Å². The molecule has 0 heterocycles. The van der Waals surface area contributed by atoms with Gasteiger partial charge in [-0.25, -0.2) is 0 Å². The number of rotatable bonds is 8. The van der Waals surface area contributed by atoms with E-state index in [-0.39, 0.29) is 5.92 Å². The number of ether oxygens (including phenoxy) is 1. The van der Waals surface area contributed by atoms with Crippen LogP contribution in [0.15, 0.2) is 48.5 Å². The molecule has 0 aromatic heterocycles. The van der Waals surface area contributed by atoms with Gasteiger partial charge in [0, 0.05) is 12.5 Å². The molecule has 4 nitrogen and oxygen atoms in total. The first kappa shape index (κ1) is 19.7. The van der Waals surface area contributed by atoms with Gasteiger partial charge < -0.3 is 20.3 Å². The third kappa shape index (κ3) is 5.24. The van der Waals surface area contributed by atoms with Crippen LogP contribution in [0.1, 0.15) is 49.1 Å². The fraction of sp³-hybridized carbons (Fsp3) is 0.478. The molecule has 2 aromatic rings. The predicted octanol–water partition coefficient (Wildman–Crippen LogP) is 4.01. The lowest BCUT2D eigenvalue weighted by Gasteiger charge is -2.40. The van der Waals surface area contributed by atoms with Gasteiger partial charge in [-0.2, -0.15) is 0 Å². The van der Waals surface area contributed by atoms with E-state index >= 15 is 0 Å². The highest BCUT2D eigenvalue weighted by molar-refractivity contribution is 5.31. The van der Waals surface area contributed by atoms with Crippen molar-refractivity contribution in [2.75, 3.05) is 20.2 Å². The van der Waals surface area contributed by atoms with Gasteiger partial charge in [0.05, 0.1) is 12.7 Å². The van der Waals surface area contributed by atoms with Crippen LogP contribution in [0, 0.1) is 0 Å². The minimum atomic E-state index is -0.641. The van der Waals surface area contributed by atoms with E-state index in [0.717, 1.165) is 56.5 Å². The quantitative estimate of drug-likeness (QED) is 0.615. The molecule has 1 saturated carbocycles. The summed E-state index contributed by atoms with van der Waals surface area (Å²) in [7, 11) is 1.67. The van der Waals surface area contributed by atoms with Crippen molar-refractivity contribution in [3.05, 3.63) is 59.7 Å². The highest BCUT2D eigenvalue weighted by atomic mass is 16.5. The van der Waals surface area contributed by atoms with Crippen LogP contribution >= 0.6 is 0 Å². The Kier molecular flexibility index (Phi) is 6.75. The first-order valence-corrected chi connectivity index (χ1v) is 9.96. The third-order valence-corrected chi connectivity index (χ3v) is 5.76. The molecule has 0 amide bonds. The molecule has 3 rings (SSSR count). The van der Waals surface area contributed by atoms with Crippen molar-refractivity contribution in [1.29, 1.82) is 0 Å². The second-order valence-electron chi connectivity index (χ2n) is 7.61. The normalized spacial score (nSPS) is 17.4. The minimum Gasteiger partial charge on any atom is -0.508 e. The van der Waals surface area contributed by atoms with E-state index in [4.69, 9.17) is 4.74 Å². The summed E-state index contributed by atoms with van der Waals surface area (Å²) in [4.78, 5) is 0.